The van der Waals surface area contributed by atoms with Crippen LogP contribution in [0.15, 0.2) is 0 Å². The Hall–Kier alpha value is 0.0200. The molecule has 1 nitrogen and oxygen atoms in total. The van der Waals surface area contributed by atoms with Gasteiger partial charge >= 0.3 is 0 Å². The zero-order chi connectivity index (χ0) is 6.53. The largest absolute Gasteiger partial charge is 0.300 e. The maximum absolute atomic E-state index is 10.8. The first kappa shape index (κ1) is 7.13. The molecule has 0 aliphatic carbocycles. The molecule has 0 bridgehead atoms. The van der Waals surface area contributed by atoms with Crippen LogP contribution in [0.4, 0.5) is 0 Å². The van der Waals surface area contributed by atoms with Gasteiger partial charge in [-0.1, -0.05) is 0 Å². The molecule has 0 aromatic heterocycles. The summed E-state index contributed by atoms with van der Waals surface area (Å²) < 4.78 is 0. The molecule has 0 aromatic carbocycles. The molecule has 0 saturated carbocycles. The van der Waals surface area contributed by atoms with E-state index in [0.717, 1.165) is 25.7 Å². The molecule has 1 aliphatic rings. The van der Waals surface area contributed by atoms with Crippen LogP contribution in [-0.4, -0.2) is 17.3 Å². The first-order valence-corrected chi connectivity index (χ1v) is 4.64. The molecule has 0 N–H and O–H groups in total. The molecule has 0 aromatic rings. The molecule has 0 radical (unpaired) electrons. The van der Waals surface area contributed by atoms with Crippen molar-refractivity contribution in [2.75, 3.05) is 11.5 Å². The molecule has 0 amide bonds. The number of carbonyl (C=O) groups is 1. The monoisotopic (exact) mass is 144 g/mol. The van der Waals surface area contributed by atoms with Gasteiger partial charge in [-0.2, -0.15) is 11.8 Å². The van der Waals surface area contributed by atoms with Crippen LogP contribution >= 0.6 is 11.8 Å². The molecule has 2 heteroatoms. The Morgan fingerprint density at radius 1 is 1.11 bits per heavy atom. The third-order valence-electron chi connectivity index (χ3n) is 1.49. The number of hydrogen-bond acceptors (Lipinski definition) is 2. The van der Waals surface area contributed by atoms with Crippen molar-refractivity contribution in [2.45, 2.75) is 25.7 Å². The number of rotatable bonds is 0. The normalized spacial score (nSPS) is 22.9. The van der Waals surface area contributed by atoms with Gasteiger partial charge in [0.05, 0.1) is 0 Å². The summed E-state index contributed by atoms with van der Waals surface area (Å²) >= 11 is 1.98. The van der Waals surface area contributed by atoms with Crippen LogP contribution < -0.4 is 0 Å². The van der Waals surface area contributed by atoms with Crippen molar-refractivity contribution >= 4 is 17.5 Å². The number of thioether (sulfide) groups is 1. The van der Waals surface area contributed by atoms with Crippen molar-refractivity contribution in [3.8, 4) is 0 Å². The van der Waals surface area contributed by atoms with E-state index in [-0.39, 0.29) is 0 Å². The van der Waals surface area contributed by atoms with E-state index in [1.165, 1.54) is 11.5 Å². The van der Waals surface area contributed by atoms with E-state index in [9.17, 15) is 4.79 Å². The number of Topliss-reactive ketones (excluding diaryl/α,β-unsaturated/α-hetero) is 1. The van der Waals surface area contributed by atoms with Crippen molar-refractivity contribution in [1.82, 2.24) is 0 Å². The lowest BCUT2D eigenvalue weighted by molar-refractivity contribution is -0.119. The summed E-state index contributed by atoms with van der Waals surface area (Å²) in [6, 6.07) is 0. The second-order valence-electron chi connectivity index (χ2n) is 2.36. The van der Waals surface area contributed by atoms with E-state index < -0.39 is 0 Å². The fourth-order valence-electron chi connectivity index (χ4n) is 0.970. The van der Waals surface area contributed by atoms with E-state index in [1.54, 1.807) is 0 Å². The second-order valence-corrected chi connectivity index (χ2v) is 3.58. The van der Waals surface area contributed by atoms with Gasteiger partial charge in [0.1, 0.15) is 5.78 Å². The molecule has 1 rings (SSSR count). The van der Waals surface area contributed by atoms with Crippen molar-refractivity contribution in [2.24, 2.45) is 0 Å². The summed E-state index contributed by atoms with van der Waals surface area (Å²) in [5, 5.41) is 0. The van der Waals surface area contributed by atoms with Gasteiger partial charge in [0.25, 0.3) is 0 Å². The van der Waals surface area contributed by atoms with E-state index in [0.29, 0.717) is 5.78 Å². The van der Waals surface area contributed by atoms with Crippen LogP contribution in [0.5, 0.6) is 0 Å². The predicted octanol–water partition coefficient (Wildman–Crippen LogP) is 1.86. The van der Waals surface area contributed by atoms with Crippen molar-refractivity contribution < 1.29 is 4.79 Å². The molecule has 0 spiro atoms. The lowest BCUT2D eigenvalue weighted by Gasteiger charge is -2.05. The van der Waals surface area contributed by atoms with E-state index >= 15 is 0 Å². The van der Waals surface area contributed by atoms with Crippen LogP contribution in [0.2, 0.25) is 0 Å². The van der Waals surface area contributed by atoms with Crippen LogP contribution in [0.3, 0.4) is 0 Å². The number of carbonyl (C=O) groups excluding carboxylic acids is 1. The highest BCUT2D eigenvalue weighted by Gasteiger charge is 2.04. The van der Waals surface area contributed by atoms with Crippen LogP contribution in [0.1, 0.15) is 25.7 Å². The first-order chi connectivity index (χ1) is 4.39. The highest BCUT2D eigenvalue weighted by molar-refractivity contribution is 7.99. The summed E-state index contributed by atoms with van der Waals surface area (Å²) in [5.41, 5.74) is 0. The summed E-state index contributed by atoms with van der Waals surface area (Å²) in [7, 11) is 0. The van der Waals surface area contributed by atoms with E-state index in [4.69, 9.17) is 0 Å². The Balaban J connectivity index is 2.20. The van der Waals surface area contributed by atoms with Gasteiger partial charge in [-0.15, -0.1) is 0 Å². The Labute approximate surface area is 60.2 Å². The Morgan fingerprint density at radius 2 is 1.67 bits per heavy atom. The highest BCUT2D eigenvalue weighted by Crippen LogP contribution is 2.13. The lowest BCUT2D eigenvalue weighted by atomic mass is 10.1. The van der Waals surface area contributed by atoms with Crippen LogP contribution in [-0.2, 0) is 4.79 Å². The van der Waals surface area contributed by atoms with Gasteiger partial charge in [-0.3, -0.25) is 4.79 Å². The van der Waals surface area contributed by atoms with Gasteiger partial charge < -0.3 is 0 Å². The third kappa shape index (κ3) is 2.89. The number of ketones is 1. The molecule has 0 atom stereocenters. The fourth-order valence-corrected chi connectivity index (χ4v) is 1.87. The minimum Gasteiger partial charge on any atom is -0.300 e. The average molecular weight is 144 g/mol. The molecule has 1 saturated heterocycles. The maximum atomic E-state index is 10.8. The average Bonchev–Trinajstić information content (AvgIpc) is 1.79. The van der Waals surface area contributed by atoms with Gasteiger partial charge in [0, 0.05) is 12.8 Å². The summed E-state index contributed by atoms with van der Waals surface area (Å²) in [4.78, 5) is 10.8. The zero-order valence-electron chi connectivity index (χ0n) is 5.56. The zero-order valence-corrected chi connectivity index (χ0v) is 6.38. The van der Waals surface area contributed by atoms with Crippen LogP contribution in [0.25, 0.3) is 0 Å². The summed E-state index contributed by atoms with van der Waals surface area (Å²) in [6.07, 6.45) is 3.85. The molecule has 1 fully saturated rings. The Bertz CT molecular complexity index is 91.1. The molecular formula is C7H12OS. The minimum absolute atomic E-state index is 0.468. The fraction of sp³-hybridized carbons (Fsp3) is 0.857. The van der Waals surface area contributed by atoms with E-state index in [1.807, 2.05) is 11.8 Å². The maximum Gasteiger partial charge on any atom is 0.132 e. The van der Waals surface area contributed by atoms with Crippen LogP contribution in [0, 0.1) is 0 Å². The van der Waals surface area contributed by atoms with E-state index in [2.05, 4.69) is 0 Å². The van der Waals surface area contributed by atoms with Gasteiger partial charge in [0.15, 0.2) is 0 Å². The minimum atomic E-state index is 0.468. The lowest BCUT2D eigenvalue weighted by Crippen LogP contribution is -2.02. The highest BCUT2D eigenvalue weighted by atomic mass is 32.2. The standard InChI is InChI=1S/C7H12OS/c8-7-3-1-5-9-6-2-4-7/h1-6H2. The molecular weight excluding hydrogens is 132 g/mol. The molecule has 9 heavy (non-hydrogen) atoms. The molecule has 1 aliphatic heterocycles. The molecule has 0 unspecified atom stereocenters. The molecule has 52 valence electrons. The Kier molecular flexibility index (Phi) is 3.12. The molecule has 1 heterocycles. The predicted molar refractivity (Wildman–Crippen MR) is 40.8 cm³/mol. The van der Waals surface area contributed by atoms with Crippen molar-refractivity contribution in [3.05, 3.63) is 0 Å². The second kappa shape index (κ2) is 3.94. The Morgan fingerprint density at radius 3 is 2.22 bits per heavy atom. The number of hydrogen-bond donors (Lipinski definition) is 0. The first-order valence-electron chi connectivity index (χ1n) is 3.49. The van der Waals surface area contributed by atoms with Crippen molar-refractivity contribution in [1.29, 1.82) is 0 Å². The van der Waals surface area contributed by atoms with Gasteiger partial charge in [-0.25, -0.2) is 0 Å². The topological polar surface area (TPSA) is 17.1 Å². The van der Waals surface area contributed by atoms with Gasteiger partial charge in [-0.05, 0) is 24.3 Å². The summed E-state index contributed by atoms with van der Waals surface area (Å²) in [6.45, 7) is 0. The van der Waals surface area contributed by atoms with Gasteiger partial charge in [0.2, 0.25) is 0 Å². The smallest absolute Gasteiger partial charge is 0.132 e. The SMILES string of the molecule is O=C1CCCSCCC1. The quantitative estimate of drug-likeness (QED) is 0.516. The van der Waals surface area contributed by atoms with Crippen molar-refractivity contribution in [3.63, 3.8) is 0 Å². The summed E-state index contributed by atoms with van der Waals surface area (Å²) in [5.74, 6) is 2.84. The third-order valence-corrected chi connectivity index (χ3v) is 2.64.